The van der Waals surface area contributed by atoms with Crippen molar-refractivity contribution in [3.8, 4) is 5.75 Å². The molecule has 1 aliphatic carbocycles. The van der Waals surface area contributed by atoms with Crippen LogP contribution in [0.5, 0.6) is 5.75 Å². The Bertz CT molecular complexity index is 894. The van der Waals surface area contributed by atoms with Gasteiger partial charge in [-0.3, -0.25) is 0 Å². The van der Waals surface area contributed by atoms with Crippen LogP contribution in [0, 0.1) is 5.82 Å². The first-order valence-corrected chi connectivity index (χ1v) is 10.9. The second-order valence-corrected chi connectivity index (χ2v) is 9.13. The lowest BCUT2D eigenvalue weighted by molar-refractivity contribution is 0.122. The van der Waals surface area contributed by atoms with Crippen molar-refractivity contribution in [2.24, 2.45) is 0 Å². The second-order valence-electron chi connectivity index (χ2n) is 7.10. The summed E-state index contributed by atoms with van der Waals surface area (Å²) < 4.78 is 21.1. The number of ether oxygens (including phenoxy) is 1. The van der Waals surface area contributed by atoms with Gasteiger partial charge in [-0.15, -0.1) is 0 Å². The molecule has 0 spiro atoms. The van der Waals surface area contributed by atoms with Crippen molar-refractivity contribution in [1.82, 2.24) is 0 Å². The molecule has 0 aliphatic heterocycles. The summed E-state index contributed by atoms with van der Waals surface area (Å²) in [6.45, 7) is 3.92. The number of rotatable bonds is 6. The van der Waals surface area contributed by atoms with Crippen LogP contribution in [0.1, 0.15) is 25.7 Å². The lowest BCUT2D eigenvalue weighted by Gasteiger charge is -2.26. The van der Waals surface area contributed by atoms with Crippen LogP contribution in [-0.4, -0.2) is 5.60 Å². The predicted molar refractivity (Wildman–Crippen MR) is 113 cm³/mol. The SMILES string of the molecule is C=CC1(Oc2ccc([S+](c3ccccc3)c3ccccc3)cc2F)CCCC1. The first kappa shape index (κ1) is 18.8. The molecule has 0 bridgehead atoms. The van der Waals surface area contributed by atoms with Gasteiger partial charge in [0.25, 0.3) is 0 Å². The van der Waals surface area contributed by atoms with Crippen molar-refractivity contribution < 1.29 is 9.13 Å². The molecule has 28 heavy (non-hydrogen) atoms. The van der Waals surface area contributed by atoms with Gasteiger partial charge >= 0.3 is 0 Å². The zero-order chi connectivity index (χ0) is 19.4. The van der Waals surface area contributed by atoms with Crippen molar-refractivity contribution in [3.63, 3.8) is 0 Å². The van der Waals surface area contributed by atoms with E-state index in [1.807, 2.05) is 48.5 Å². The van der Waals surface area contributed by atoms with Crippen LogP contribution >= 0.6 is 0 Å². The zero-order valence-corrected chi connectivity index (χ0v) is 16.6. The van der Waals surface area contributed by atoms with Crippen LogP contribution in [-0.2, 0) is 10.9 Å². The third-order valence-corrected chi connectivity index (χ3v) is 7.44. The van der Waals surface area contributed by atoms with Gasteiger partial charge in [0.15, 0.2) is 26.3 Å². The fraction of sp³-hybridized carbons (Fsp3) is 0.200. The molecular weight excluding hydrogens is 367 g/mol. The van der Waals surface area contributed by atoms with E-state index in [1.165, 1.54) is 9.79 Å². The normalized spacial score (nSPS) is 15.5. The van der Waals surface area contributed by atoms with E-state index in [4.69, 9.17) is 4.74 Å². The van der Waals surface area contributed by atoms with Gasteiger partial charge in [0.1, 0.15) is 5.60 Å². The van der Waals surface area contributed by atoms with Gasteiger partial charge < -0.3 is 4.74 Å². The van der Waals surface area contributed by atoms with Crippen molar-refractivity contribution in [3.05, 3.63) is 97.3 Å². The fourth-order valence-electron chi connectivity index (χ4n) is 3.75. The maximum absolute atomic E-state index is 15.0. The molecule has 0 radical (unpaired) electrons. The van der Waals surface area contributed by atoms with Crippen LogP contribution in [0.25, 0.3) is 0 Å². The van der Waals surface area contributed by atoms with Crippen LogP contribution < -0.4 is 4.74 Å². The number of hydrogen-bond acceptors (Lipinski definition) is 1. The molecule has 3 aromatic carbocycles. The maximum Gasteiger partial charge on any atom is 0.170 e. The van der Waals surface area contributed by atoms with Crippen LogP contribution in [0.2, 0.25) is 0 Å². The summed E-state index contributed by atoms with van der Waals surface area (Å²) >= 11 is 0. The highest BCUT2D eigenvalue weighted by molar-refractivity contribution is 7.97. The van der Waals surface area contributed by atoms with Gasteiger partial charge in [-0.1, -0.05) is 43.0 Å². The molecule has 0 saturated heterocycles. The molecule has 0 atom stereocenters. The highest BCUT2D eigenvalue weighted by Gasteiger charge is 2.35. The largest absolute Gasteiger partial charge is 0.480 e. The minimum Gasteiger partial charge on any atom is -0.480 e. The molecule has 0 unspecified atom stereocenters. The van der Waals surface area contributed by atoms with E-state index in [2.05, 4.69) is 30.8 Å². The van der Waals surface area contributed by atoms with Crippen molar-refractivity contribution in [1.29, 1.82) is 0 Å². The first-order valence-electron chi connectivity index (χ1n) is 9.67. The zero-order valence-electron chi connectivity index (χ0n) is 15.8. The van der Waals surface area contributed by atoms with Crippen LogP contribution in [0.4, 0.5) is 4.39 Å². The average Bonchev–Trinajstić information content (AvgIpc) is 3.21. The highest BCUT2D eigenvalue weighted by atomic mass is 32.2. The minimum atomic E-state index is -0.428. The Morgan fingerprint density at radius 1 is 0.821 bits per heavy atom. The quantitative estimate of drug-likeness (QED) is 0.332. The van der Waals surface area contributed by atoms with E-state index in [-0.39, 0.29) is 16.7 Å². The van der Waals surface area contributed by atoms with E-state index in [0.717, 1.165) is 30.6 Å². The summed E-state index contributed by atoms with van der Waals surface area (Å²) in [5.41, 5.74) is -0.428. The van der Waals surface area contributed by atoms with E-state index < -0.39 is 5.60 Å². The Hall–Kier alpha value is -2.52. The van der Waals surface area contributed by atoms with E-state index in [0.29, 0.717) is 5.75 Å². The summed E-state index contributed by atoms with van der Waals surface area (Å²) in [4.78, 5) is 3.28. The van der Waals surface area contributed by atoms with Gasteiger partial charge in [-0.25, -0.2) is 4.39 Å². The third kappa shape index (κ3) is 3.85. The van der Waals surface area contributed by atoms with Gasteiger partial charge in [0, 0.05) is 6.07 Å². The number of hydrogen-bond donors (Lipinski definition) is 0. The summed E-state index contributed by atoms with van der Waals surface area (Å²) in [7, 11) is -0.365. The molecule has 1 fully saturated rings. The average molecular weight is 392 g/mol. The third-order valence-electron chi connectivity index (χ3n) is 5.23. The van der Waals surface area contributed by atoms with Crippen molar-refractivity contribution in [2.75, 3.05) is 0 Å². The Balaban J connectivity index is 1.70. The summed E-state index contributed by atoms with van der Waals surface area (Å²) in [5.74, 6) is 0.00482. The van der Waals surface area contributed by atoms with Gasteiger partial charge in [-0.05, 0) is 68.2 Å². The summed E-state index contributed by atoms with van der Waals surface area (Å²) in [5, 5.41) is 0. The topological polar surface area (TPSA) is 9.23 Å². The highest BCUT2D eigenvalue weighted by Crippen LogP contribution is 2.38. The van der Waals surface area contributed by atoms with Gasteiger partial charge in [0.05, 0.1) is 10.9 Å². The Morgan fingerprint density at radius 3 is 1.89 bits per heavy atom. The molecule has 142 valence electrons. The lowest BCUT2D eigenvalue weighted by Crippen LogP contribution is -2.30. The Labute approximate surface area is 169 Å². The molecule has 3 heteroatoms. The van der Waals surface area contributed by atoms with E-state index >= 15 is 4.39 Å². The second kappa shape index (κ2) is 8.24. The molecule has 4 rings (SSSR count). The molecule has 0 N–H and O–H groups in total. The molecule has 1 aliphatic rings. The number of benzene rings is 3. The summed E-state index contributed by atoms with van der Waals surface area (Å²) in [6.07, 6.45) is 5.83. The van der Waals surface area contributed by atoms with E-state index in [1.54, 1.807) is 12.1 Å². The fourth-order valence-corrected chi connectivity index (χ4v) is 5.85. The molecule has 0 amide bonds. The van der Waals surface area contributed by atoms with Crippen LogP contribution in [0.15, 0.2) is 106 Å². The lowest BCUT2D eigenvalue weighted by atomic mass is 10.0. The van der Waals surface area contributed by atoms with E-state index in [9.17, 15) is 0 Å². The maximum atomic E-state index is 15.0. The summed E-state index contributed by atoms with van der Waals surface area (Å²) in [6, 6.07) is 25.9. The number of halogens is 1. The Kier molecular flexibility index (Phi) is 5.54. The van der Waals surface area contributed by atoms with Gasteiger partial charge in [-0.2, -0.15) is 0 Å². The first-order chi connectivity index (χ1) is 13.7. The standard InChI is InChI=1S/C25H24FOS/c1-2-25(17-9-10-18-25)27-24-16-15-22(19-23(24)26)28(20-11-5-3-6-12-20)21-13-7-4-8-14-21/h2-8,11-16,19H,1,9-10,17-18H2/q+1. The molecule has 3 aromatic rings. The Morgan fingerprint density at radius 2 is 1.39 bits per heavy atom. The van der Waals surface area contributed by atoms with Crippen LogP contribution in [0.3, 0.4) is 0 Å². The molecule has 1 nitrogen and oxygen atoms in total. The molecule has 0 heterocycles. The molecule has 1 saturated carbocycles. The molecular formula is C25H24FOS+. The monoisotopic (exact) mass is 391 g/mol. The predicted octanol–water partition coefficient (Wildman–Crippen LogP) is 6.80. The van der Waals surface area contributed by atoms with Crippen molar-refractivity contribution >= 4 is 10.9 Å². The van der Waals surface area contributed by atoms with Gasteiger partial charge in [0.2, 0.25) is 0 Å². The van der Waals surface area contributed by atoms with Crippen molar-refractivity contribution in [2.45, 2.75) is 46.0 Å². The smallest absolute Gasteiger partial charge is 0.170 e. The minimum absolute atomic E-state index is 0.310. The molecule has 0 aromatic heterocycles.